The molecule has 0 heterocycles. The molecule has 8 heteroatoms. The summed E-state index contributed by atoms with van der Waals surface area (Å²) in [5.74, 6) is -4.43. The van der Waals surface area contributed by atoms with Gasteiger partial charge < -0.3 is 15.8 Å². The first kappa shape index (κ1) is 16.7. The molecule has 0 aromatic heterocycles. The Bertz CT molecular complexity index is 432. The van der Waals surface area contributed by atoms with E-state index in [0.717, 1.165) is 0 Å². The van der Waals surface area contributed by atoms with Crippen molar-refractivity contribution in [3.8, 4) is 0 Å². The number of carbonyl (C=O) groups is 1. The molecule has 1 unspecified atom stereocenters. The van der Waals surface area contributed by atoms with Gasteiger partial charge in [0.1, 0.15) is 11.9 Å². The second kappa shape index (κ2) is 7.20. The van der Waals surface area contributed by atoms with Crippen molar-refractivity contribution in [2.45, 2.75) is 6.04 Å². The largest absolute Gasteiger partial charge is 0.383 e. The molecule has 0 fully saturated rings. The lowest BCUT2D eigenvalue weighted by Gasteiger charge is -2.11. The molecular weight excluding hydrogens is 273 g/mol. The van der Waals surface area contributed by atoms with Crippen molar-refractivity contribution < 1.29 is 22.7 Å². The maximum atomic E-state index is 13.1. The van der Waals surface area contributed by atoms with Crippen LogP contribution in [0.1, 0.15) is 0 Å². The van der Waals surface area contributed by atoms with E-state index in [4.69, 9.17) is 5.73 Å². The lowest BCUT2D eigenvalue weighted by atomic mass is 10.2. The van der Waals surface area contributed by atoms with Gasteiger partial charge in [-0.05, 0) is 0 Å². The van der Waals surface area contributed by atoms with Gasteiger partial charge in [-0.15, -0.1) is 12.4 Å². The van der Waals surface area contributed by atoms with E-state index in [-0.39, 0.29) is 19.0 Å². The molecule has 0 aliphatic heterocycles. The summed E-state index contributed by atoms with van der Waals surface area (Å²) in [7, 11) is 1.34. The number of carbonyl (C=O) groups excluding carboxylic acids is 1. The average Bonchev–Trinajstić information content (AvgIpc) is 2.26. The number of ether oxygens (including phenoxy) is 1. The number of rotatable bonds is 4. The minimum Gasteiger partial charge on any atom is -0.383 e. The van der Waals surface area contributed by atoms with Gasteiger partial charge in [0.05, 0.1) is 12.3 Å². The number of methoxy groups -OCH3 is 1. The first-order valence-electron chi connectivity index (χ1n) is 4.65. The summed E-state index contributed by atoms with van der Waals surface area (Å²) < 4.78 is 43.2. The average molecular weight is 285 g/mol. The third-order valence-corrected chi connectivity index (χ3v) is 1.95. The zero-order valence-corrected chi connectivity index (χ0v) is 10.2. The first-order chi connectivity index (χ1) is 7.95. The second-order valence-electron chi connectivity index (χ2n) is 3.30. The zero-order valence-electron chi connectivity index (χ0n) is 9.38. The highest BCUT2D eigenvalue weighted by atomic mass is 35.5. The molecule has 1 aromatic rings. The van der Waals surface area contributed by atoms with E-state index in [1.54, 1.807) is 0 Å². The number of benzene rings is 1. The number of nitrogens with one attached hydrogen (secondary N) is 1. The van der Waals surface area contributed by atoms with Crippen molar-refractivity contribution in [3.05, 3.63) is 29.6 Å². The summed E-state index contributed by atoms with van der Waals surface area (Å²) >= 11 is 0. The Labute approximate surface area is 108 Å². The topological polar surface area (TPSA) is 64.3 Å². The van der Waals surface area contributed by atoms with Gasteiger partial charge in [-0.3, -0.25) is 4.79 Å². The number of amides is 1. The predicted octanol–water partition coefficient (Wildman–Crippen LogP) is 1.44. The minimum absolute atomic E-state index is 0. The second-order valence-corrected chi connectivity index (χ2v) is 3.30. The van der Waals surface area contributed by atoms with E-state index >= 15 is 0 Å². The summed E-state index contributed by atoms with van der Waals surface area (Å²) in [5.41, 5.74) is 4.89. The van der Waals surface area contributed by atoms with Crippen molar-refractivity contribution >= 4 is 24.0 Å². The molecule has 0 spiro atoms. The Morgan fingerprint density at radius 3 is 2.44 bits per heavy atom. The normalized spacial score (nSPS) is 11.6. The van der Waals surface area contributed by atoms with Crippen LogP contribution in [0, 0.1) is 17.5 Å². The van der Waals surface area contributed by atoms with Crippen LogP contribution < -0.4 is 11.1 Å². The lowest BCUT2D eigenvalue weighted by molar-refractivity contribution is -0.118. The SMILES string of the molecule is COCC(N)C(=O)Nc1cc(F)c(F)cc1F.Cl. The summed E-state index contributed by atoms with van der Waals surface area (Å²) in [4.78, 5) is 11.4. The van der Waals surface area contributed by atoms with E-state index < -0.39 is 35.1 Å². The van der Waals surface area contributed by atoms with E-state index in [0.29, 0.717) is 12.1 Å². The fourth-order valence-electron chi connectivity index (χ4n) is 1.10. The minimum atomic E-state index is -1.33. The van der Waals surface area contributed by atoms with Crippen molar-refractivity contribution in [2.24, 2.45) is 5.73 Å². The van der Waals surface area contributed by atoms with Crippen LogP contribution in [-0.4, -0.2) is 25.7 Å². The first-order valence-corrected chi connectivity index (χ1v) is 4.65. The molecular formula is C10H12ClF3N2O2. The van der Waals surface area contributed by atoms with Crippen LogP contribution >= 0.6 is 12.4 Å². The quantitative estimate of drug-likeness (QED) is 0.822. The summed E-state index contributed by atoms with van der Waals surface area (Å²) in [5, 5.41) is 2.04. The molecule has 3 N–H and O–H groups in total. The molecule has 0 aliphatic carbocycles. The van der Waals surface area contributed by atoms with E-state index in [2.05, 4.69) is 4.74 Å². The third-order valence-electron chi connectivity index (χ3n) is 1.95. The molecule has 0 saturated heterocycles. The van der Waals surface area contributed by atoms with Gasteiger partial charge >= 0.3 is 0 Å². The van der Waals surface area contributed by atoms with Crippen LogP contribution in [0.3, 0.4) is 0 Å². The maximum Gasteiger partial charge on any atom is 0.243 e. The Morgan fingerprint density at radius 1 is 1.33 bits per heavy atom. The smallest absolute Gasteiger partial charge is 0.243 e. The third kappa shape index (κ3) is 4.17. The monoisotopic (exact) mass is 284 g/mol. The molecule has 102 valence electrons. The van der Waals surface area contributed by atoms with Crippen molar-refractivity contribution in [1.29, 1.82) is 0 Å². The van der Waals surface area contributed by atoms with Gasteiger partial charge in [0, 0.05) is 19.2 Å². The van der Waals surface area contributed by atoms with E-state index in [1.807, 2.05) is 5.32 Å². The molecule has 0 bridgehead atoms. The Hall–Kier alpha value is -1.31. The van der Waals surface area contributed by atoms with Crippen LogP contribution in [0.5, 0.6) is 0 Å². The number of hydrogen-bond acceptors (Lipinski definition) is 3. The van der Waals surface area contributed by atoms with Gasteiger partial charge in [0.15, 0.2) is 11.6 Å². The molecule has 0 radical (unpaired) electrons. The fourth-order valence-corrected chi connectivity index (χ4v) is 1.10. The molecule has 1 atom stereocenters. The summed E-state index contributed by atoms with van der Waals surface area (Å²) in [6.45, 7) is -0.0723. The van der Waals surface area contributed by atoms with Crippen LogP contribution in [0.25, 0.3) is 0 Å². The van der Waals surface area contributed by atoms with Crippen LogP contribution in [0.4, 0.5) is 18.9 Å². The van der Waals surface area contributed by atoms with Crippen molar-refractivity contribution in [3.63, 3.8) is 0 Å². The molecule has 1 aromatic carbocycles. The Balaban J connectivity index is 0.00000289. The maximum absolute atomic E-state index is 13.1. The highest BCUT2D eigenvalue weighted by Gasteiger charge is 2.16. The van der Waals surface area contributed by atoms with Gasteiger partial charge in [0.25, 0.3) is 0 Å². The number of halogens is 4. The molecule has 0 saturated carbocycles. The van der Waals surface area contributed by atoms with Gasteiger partial charge in [0.2, 0.25) is 5.91 Å². The highest BCUT2D eigenvalue weighted by Crippen LogP contribution is 2.18. The van der Waals surface area contributed by atoms with Gasteiger partial charge in [-0.1, -0.05) is 0 Å². The molecule has 0 aliphatic rings. The van der Waals surface area contributed by atoms with Crippen LogP contribution in [0.15, 0.2) is 12.1 Å². The molecule has 4 nitrogen and oxygen atoms in total. The highest BCUT2D eigenvalue weighted by molar-refractivity contribution is 5.94. The zero-order chi connectivity index (χ0) is 13.0. The lowest BCUT2D eigenvalue weighted by Crippen LogP contribution is -2.39. The Morgan fingerprint density at radius 2 is 1.89 bits per heavy atom. The van der Waals surface area contributed by atoms with Crippen molar-refractivity contribution in [2.75, 3.05) is 19.0 Å². The predicted molar refractivity (Wildman–Crippen MR) is 62.0 cm³/mol. The summed E-state index contributed by atoms with van der Waals surface area (Å²) in [6.07, 6.45) is 0. The molecule has 18 heavy (non-hydrogen) atoms. The number of anilines is 1. The van der Waals surface area contributed by atoms with E-state index in [9.17, 15) is 18.0 Å². The Kier molecular flexibility index (Phi) is 6.67. The fraction of sp³-hybridized carbons (Fsp3) is 0.300. The van der Waals surface area contributed by atoms with Crippen LogP contribution in [0.2, 0.25) is 0 Å². The number of hydrogen-bond donors (Lipinski definition) is 2. The summed E-state index contributed by atoms with van der Waals surface area (Å²) in [6, 6.07) is -0.137. The molecule has 1 rings (SSSR count). The van der Waals surface area contributed by atoms with Gasteiger partial charge in [-0.25, -0.2) is 13.2 Å². The number of nitrogens with two attached hydrogens (primary N) is 1. The van der Waals surface area contributed by atoms with Gasteiger partial charge in [-0.2, -0.15) is 0 Å². The van der Waals surface area contributed by atoms with Crippen LogP contribution in [-0.2, 0) is 9.53 Å². The van der Waals surface area contributed by atoms with Crippen molar-refractivity contribution in [1.82, 2.24) is 0 Å². The standard InChI is InChI=1S/C10H11F3N2O2.ClH/c1-17-4-8(14)10(16)15-9-3-6(12)5(11)2-7(9)13;/h2-3,8H,4,14H2,1H3,(H,15,16);1H. The molecule has 1 amide bonds. The van der Waals surface area contributed by atoms with E-state index in [1.165, 1.54) is 7.11 Å².